The lowest BCUT2D eigenvalue weighted by atomic mass is 10.1. The molecule has 0 spiro atoms. The van der Waals surface area contributed by atoms with Crippen LogP contribution >= 0.6 is 0 Å². The zero-order chi connectivity index (χ0) is 18.1. The van der Waals surface area contributed by atoms with Gasteiger partial charge in [0.25, 0.3) is 0 Å². The van der Waals surface area contributed by atoms with Gasteiger partial charge in [-0.2, -0.15) is 4.98 Å². The summed E-state index contributed by atoms with van der Waals surface area (Å²) in [6, 6.07) is 10.0. The number of aryl methyl sites for hydroxylation is 1. The van der Waals surface area contributed by atoms with Crippen LogP contribution in [0, 0.1) is 6.92 Å². The molecular weight excluding hydrogens is 314 g/mol. The minimum absolute atomic E-state index is 0.657. The largest absolute Gasteiger partial charge is 0.496 e. The van der Waals surface area contributed by atoms with Crippen LogP contribution < -0.4 is 15.4 Å². The third-order valence-corrected chi connectivity index (χ3v) is 3.81. The predicted octanol–water partition coefficient (Wildman–Crippen LogP) is 2.81. The van der Waals surface area contributed by atoms with Crippen LogP contribution in [-0.4, -0.2) is 55.7 Å². The molecule has 0 fully saturated rings. The molecule has 6 nitrogen and oxygen atoms in total. The fourth-order valence-corrected chi connectivity index (χ4v) is 2.57. The summed E-state index contributed by atoms with van der Waals surface area (Å²) in [4.78, 5) is 11.2. The lowest BCUT2D eigenvalue weighted by Gasteiger charge is -2.12. The van der Waals surface area contributed by atoms with Crippen LogP contribution in [0.5, 0.6) is 5.75 Å². The Balaban J connectivity index is 1.87. The average molecular weight is 343 g/mol. The van der Waals surface area contributed by atoms with Crippen molar-refractivity contribution in [3.63, 3.8) is 0 Å². The Morgan fingerprint density at radius 3 is 2.64 bits per heavy atom. The minimum Gasteiger partial charge on any atom is -0.496 e. The average Bonchev–Trinajstić information content (AvgIpc) is 2.58. The van der Waals surface area contributed by atoms with E-state index in [-0.39, 0.29) is 0 Å². The number of ether oxygens (including phenoxy) is 1. The molecule has 0 atom stereocenters. The van der Waals surface area contributed by atoms with Gasteiger partial charge in [0.15, 0.2) is 0 Å². The Kier molecular flexibility index (Phi) is 7.47. The Morgan fingerprint density at radius 1 is 1.08 bits per heavy atom. The standard InChI is InChI=1S/C19H29N5O/c1-15-14-18(20-11-7-13-24(2)3)23-19(22-15)21-12-10-16-8-5-6-9-17(16)25-4/h5-6,8-9,14H,7,10-13H2,1-4H3,(H2,20,21,22,23). The van der Waals surface area contributed by atoms with Crippen molar-refractivity contribution < 1.29 is 4.74 Å². The third-order valence-electron chi connectivity index (χ3n) is 3.81. The lowest BCUT2D eigenvalue weighted by Crippen LogP contribution is -2.17. The van der Waals surface area contributed by atoms with E-state index in [4.69, 9.17) is 4.74 Å². The molecule has 0 unspecified atom stereocenters. The molecule has 1 heterocycles. The highest BCUT2D eigenvalue weighted by Gasteiger charge is 2.04. The predicted molar refractivity (Wildman–Crippen MR) is 104 cm³/mol. The Labute approximate surface area is 150 Å². The van der Waals surface area contributed by atoms with Gasteiger partial charge in [0.2, 0.25) is 5.95 Å². The second-order valence-electron chi connectivity index (χ2n) is 6.29. The summed E-state index contributed by atoms with van der Waals surface area (Å²) in [6.45, 7) is 4.69. The molecule has 2 aromatic rings. The SMILES string of the molecule is COc1ccccc1CCNc1nc(C)cc(NCCCN(C)C)n1. The molecule has 2 N–H and O–H groups in total. The van der Waals surface area contributed by atoms with E-state index in [2.05, 4.69) is 45.7 Å². The Morgan fingerprint density at radius 2 is 1.88 bits per heavy atom. The van der Waals surface area contributed by atoms with E-state index in [1.165, 1.54) is 5.56 Å². The quantitative estimate of drug-likeness (QED) is 0.647. The fraction of sp³-hybridized carbons (Fsp3) is 0.474. The summed E-state index contributed by atoms with van der Waals surface area (Å²) in [7, 11) is 5.86. The molecule has 136 valence electrons. The molecule has 25 heavy (non-hydrogen) atoms. The van der Waals surface area contributed by atoms with Gasteiger partial charge in [-0.25, -0.2) is 4.98 Å². The summed E-state index contributed by atoms with van der Waals surface area (Å²) < 4.78 is 5.39. The molecule has 1 aromatic heterocycles. The van der Waals surface area contributed by atoms with E-state index >= 15 is 0 Å². The van der Waals surface area contributed by atoms with Crippen LogP contribution in [0.15, 0.2) is 30.3 Å². The van der Waals surface area contributed by atoms with Crippen molar-refractivity contribution in [2.75, 3.05) is 51.5 Å². The van der Waals surface area contributed by atoms with Crippen LogP contribution in [0.2, 0.25) is 0 Å². The number of benzene rings is 1. The summed E-state index contributed by atoms with van der Waals surface area (Å²) in [5.74, 6) is 2.44. The molecule has 0 bridgehead atoms. The smallest absolute Gasteiger partial charge is 0.224 e. The van der Waals surface area contributed by atoms with Gasteiger partial charge in [0.05, 0.1) is 7.11 Å². The highest BCUT2D eigenvalue weighted by Crippen LogP contribution is 2.18. The molecule has 6 heteroatoms. The number of methoxy groups -OCH3 is 1. The van der Waals surface area contributed by atoms with Gasteiger partial charge in [-0.3, -0.25) is 0 Å². The minimum atomic E-state index is 0.657. The molecule has 0 amide bonds. The van der Waals surface area contributed by atoms with Gasteiger partial charge in [-0.05, 0) is 52.0 Å². The first-order valence-corrected chi connectivity index (χ1v) is 8.68. The molecule has 0 saturated heterocycles. The number of para-hydroxylation sites is 1. The number of anilines is 2. The van der Waals surface area contributed by atoms with E-state index in [0.29, 0.717) is 5.95 Å². The summed E-state index contributed by atoms with van der Waals surface area (Å²) in [6.07, 6.45) is 1.93. The number of nitrogens with one attached hydrogen (secondary N) is 2. The van der Waals surface area contributed by atoms with Crippen molar-refractivity contribution in [3.05, 3.63) is 41.6 Å². The van der Waals surface area contributed by atoms with E-state index in [1.807, 2.05) is 31.2 Å². The third kappa shape index (κ3) is 6.58. The van der Waals surface area contributed by atoms with Crippen LogP contribution in [-0.2, 0) is 6.42 Å². The first-order valence-electron chi connectivity index (χ1n) is 8.68. The van der Waals surface area contributed by atoms with Crippen molar-refractivity contribution in [2.45, 2.75) is 19.8 Å². The second-order valence-corrected chi connectivity index (χ2v) is 6.29. The first-order chi connectivity index (χ1) is 12.1. The van der Waals surface area contributed by atoms with Crippen LogP contribution in [0.3, 0.4) is 0 Å². The Bertz CT molecular complexity index is 660. The van der Waals surface area contributed by atoms with E-state index in [0.717, 1.165) is 49.7 Å². The molecule has 0 saturated carbocycles. The van der Waals surface area contributed by atoms with E-state index in [9.17, 15) is 0 Å². The van der Waals surface area contributed by atoms with Crippen molar-refractivity contribution >= 4 is 11.8 Å². The second kappa shape index (κ2) is 9.84. The molecule has 0 aliphatic heterocycles. The van der Waals surface area contributed by atoms with E-state index < -0.39 is 0 Å². The number of aromatic nitrogens is 2. The van der Waals surface area contributed by atoms with Gasteiger partial charge >= 0.3 is 0 Å². The van der Waals surface area contributed by atoms with Crippen molar-refractivity contribution in [2.24, 2.45) is 0 Å². The van der Waals surface area contributed by atoms with Crippen LogP contribution in [0.1, 0.15) is 17.7 Å². The maximum Gasteiger partial charge on any atom is 0.224 e. The zero-order valence-electron chi connectivity index (χ0n) is 15.7. The lowest BCUT2D eigenvalue weighted by molar-refractivity contribution is 0.405. The highest BCUT2D eigenvalue weighted by atomic mass is 16.5. The first kappa shape index (κ1) is 19.0. The monoisotopic (exact) mass is 343 g/mol. The van der Waals surface area contributed by atoms with Gasteiger partial charge in [-0.1, -0.05) is 18.2 Å². The normalized spacial score (nSPS) is 10.8. The van der Waals surface area contributed by atoms with Crippen LogP contribution in [0.4, 0.5) is 11.8 Å². The molecule has 0 radical (unpaired) electrons. The van der Waals surface area contributed by atoms with Gasteiger partial charge in [0.1, 0.15) is 11.6 Å². The topological polar surface area (TPSA) is 62.3 Å². The number of hydrogen-bond donors (Lipinski definition) is 2. The zero-order valence-corrected chi connectivity index (χ0v) is 15.7. The maximum absolute atomic E-state index is 5.39. The molecule has 0 aliphatic rings. The molecule has 0 aliphatic carbocycles. The van der Waals surface area contributed by atoms with Gasteiger partial charge in [-0.15, -0.1) is 0 Å². The van der Waals surface area contributed by atoms with Crippen molar-refractivity contribution in [3.8, 4) is 5.75 Å². The van der Waals surface area contributed by atoms with Gasteiger partial charge < -0.3 is 20.3 Å². The molecule has 1 aromatic carbocycles. The number of hydrogen-bond acceptors (Lipinski definition) is 6. The maximum atomic E-state index is 5.39. The summed E-state index contributed by atoms with van der Waals surface area (Å²) in [5.41, 5.74) is 2.12. The summed E-state index contributed by atoms with van der Waals surface area (Å²) in [5, 5.41) is 6.68. The highest BCUT2D eigenvalue weighted by molar-refractivity contribution is 5.42. The molecule has 2 rings (SSSR count). The van der Waals surface area contributed by atoms with Gasteiger partial charge in [0, 0.05) is 24.8 Å². The molecular formula is C19H29N5O. The Hall–Kier alpha value is -2.34. The summed E-state index contributed by atoms with van der Waals surface area (Å²) >= 11 is 0. The van der Waals surface area contributed by atoms with Crippen molar-refractivity contribution in [1.82, 2.24) is 14.9 Å². The van der Waals surface area contributed by atoms with Crippen molar-refractivity contribution in [1.29, 1.82) is 0 Å². The number of rotatable bonds is 10. The van der Waals surface area contributed by atoms with E-state index in [1.54, 1.807) is 7.11 Å². The van der Waals surface area contributed by atoms with Crippen LogP contribution in [0.25, 0.3) is 0 Å². The number of nitrogens with zero attached hydrogens (tertiary/aromatic N) is 3. The fourth-order valence-electron chi connectivity index (χ4n) is 2.57.